The zero-order valence-electron chi connectivity index (χ0n) is 17.0. The van der Waals surface area contributed by atoms with Gasteiger partial charge in [0.1, 0.15) is 5.75 Å². The van der Waals surface area contributed by atoms with E-state index < -0.39 is 24.3 Å². The molecule has 164 valence electrons. The first-order valence-electron chi connectivity index (χ1n) is 9.28. The van der Waals surface area contributed by atoms with E-state index in [0.29, 0.717) is 22.8 Å². The molecule has 0 aliphatic heterocycles. The molecule has 0 radical (unpaired) electrons. The third-order valence-electron chi connectivity index (χ3n) is 4.44. The van der Waals surface area contributed by atoms with Gasteiger partial charge in [-0.3, -0.25) is 0 Å². The molecule has 0 spiro atoms. The molecular formula is C21H20F3N3O3S. The van der Waals surface area contributed by atoms with Gasteiger partial charge in [0.25, 0.3) is 0 Å². The molecule has 3 rings (SSSR count). The fraction of sp³-hybridized carbons (Fsp3) is 0.286. The van der Waals surface area contributed by atoms with Crippen LogP contribution in [-0.4, -0.2) is 32.7 Å². The van der Waals surface area contributed by atoms with Gasteiger partial charge in [0.2, 0.25) is 0 Å². The average Bonchev–Trinajstić information content (AvgIpc) is 3.08. The highest BCUT2D eigenvalue weighted by atomic mass is 32.2. The highest BCUT2D eigenvalue weighted by Crippen LogP contribution is 2.37. The van der Waals surface area contributed by atoms with E-state index in [-0.39, 0.29) is 5.25 Å². The van der Waals surface area contributed by atoms with Crippen molar-refractivity contribution in [2.24, 2.45) is 0 Å². The van der Waals surface area contributed by atoms with Crippen LogP contribution in [0.15, 0.2) is 47.4 Å². The molecule has 2 aromatic carbocycles. The van der Waals surface area contributed by atoms with Gasteiger partial charge in [-0.05, 0) is 68.8 Å². The Morgan fingerprint density at radius 1 is 1.16 bits per heavy atom. The minimum atomic E-state index is -4.39. The van der Waals surface area contributed by atoms with Crippen LogP contribution < -0.4 is 4.74 Å². The summed E-state index contributed by atoms with van der Waals surface area (Å²) < 4.78 is 43.5. The Balaban J connectivity index is 1.74. The minimum absolute atomic E-state index is 0.0756. The number of halogens is 3. The number of nitrogens with zero attached hydrogens (tertiary/aromatic N) is 3. The highest BCUT2D eigenvalue weighted by molar-refractivity contribution is 7.99. The van der Waals surface area contributed by atoms with Gasteiger partial charge >= 0.3 is 12.1 Å². The predicted octanol–water partition coefficient (Wildman–Crippen LogP) is 5.22. The molecule has 0 amide bonds. The summed E-state index contributed by atoms with van der Waals surface area (Å²) in [6, 6.07) is 10.1. The van der Waals surface area contributed by atoms with Gasteiger partial charge in [-0.25, -0.2) is 4.79 Å². The van der Waals surface area contributed by atoms with Gasteiger partial charge in [0.15, 0.2) is 6.61 Å². The maximum absolute atomic E-state index is 12.8. The zero-order chi connectivity index (χ0) is 22.8. The van der Waals surface area contributed by atoms with Crippen LogP contribution in [0.1, 0.15) is 34.7 Å². The van der Waals surface area contributed by atoms with Crippen LogP contribution in [0.5, 0.6) is 5.75 Å². The molecule has 0 bridgehead atoms. The number of thioether (sulfide) groups is 1. The Labute approximate surface area is 181 Å². The second kappa shape index (κ2) is 9.01. The minimum Gasteiger partial charge on any atom is -0.482 e. The summed E-state index contributed by atoms with van der Waals surface area (Å²) in [4.78, 5) is 12.9. The van der Waals surface area contributed by atoms with Gasteiger partial charge < -0.3 is 9.84 Å². The molecule has 0 aliphatic rings. The van der Waals surface area contributed by atoms with Crippen molar-refractivity contribution in [3.05, 3.63) is 65.0 Å². The van der Waals surface area contributed by atoms with E-state index in [0.717, 1.165) is 22.6 Å². The molecule has 1 aromatic heterocycles. The van der Waals surface area contributed by atoms with Gasteiger partial charge in [0, 0.05) is 4.90 Å². The van der Waals surface area contributed by atoms with Crippen molar-refractivity contribution >= 4 is 17.7 Å². The molecule has 3 aromatic rings. The fourth-order valence-corrected chi connectivity index (χ4v) is 4.05. The van der Waals surface area contributed by atoms with Crippen LogP contribution in [0.2, 0.25) is 0 Å². The van der Waals surface area contributed by atoms with Crippen molar-refractivity contribution in [2.75, 3.05) is 6.61 Å². The predicted molar refractivity (Wildman–Crippen MR) is 110 cm³/mol. The van der Waals surface area contributed by atoms with Crippen LogP contribution >= 0.6 is 11.8 Å². The van der Waals surface area contributed by atoms with Crippen molar-refractivity contribution in [3.8, 4) is 11.4 Å². The lowest BCUT2D eigenvalue weighted by molar-refractivity contribution is -0.139. The number of hydrogen-bond acceptors (Lipinski definition) is 5. The Morgan fingerprint density at radius 3 is 2.42 bits per heavy atom. The van der Waals surface area contributed by atoms with Crippen molar-refractivity contribution < 1.29 is 27.8 Å². The van der Waals surface area contributed by atoms with Crippen LogP contribution in [0, 0.1) is 13.8 Å². The van der Waals surface area contributed by atoms with Gasteiger partial charge in [-0.15, -0.1) is 11.8 Å². The normalized spacial score (nSPS) is 12.6. The Hall–Kier alpha value is -3.01. The number of benzene rings is 2. The molecule has 10 heteroatoms. The number of ether oxygens (including phenoxy) is 1. The number of aliphatic carboxylic acids is 1. The SMILES string of the molecule is Cc1cc(SC(C)c2nn(-c3ccc(C(F)(F)F)cc3)nc2C)ccc1OCC(=O)O. The van der Waals surface area contributed by atoms with Crippen LogP contribution in [0.3, 0.4) is 0 Å². The number of alkyl halides is 3. The summed E-state index contributed by atoms with van der Waals surface area (Å²) in [5, 5.41) is 17.5. The molecule has 1 atom stereocenters. The number of carboxylic acids is 1. The number of aromatic nitrogens is 3. The van der Waals surface area contributed by atoms with Crippen LogP contribution in [0.25, 0.3) is 5.69 Å². The van der Waals surface area contributed by atoms with Crippen molar-refractivity contribution in [1.82, 2.24) is 15.0 Å². The van der Waals surface area contributed by atoms with E-state index in [2.05, 4.69) is 10.2 Å². The number of aryl methyl sites for hydroxylation is 2. The maximum Gasteiger partial charge on any atom is 0.416 e. The van der Waals surface area contributed by atoms with Crippen molar-refractivity contribution in [1.29, 1.82) is 0 Å². The summed E-state index contributed by atoms with van der Waals surface area (Å²) in [5.74, 6) is -0.540. The second-order valence-electron chi connectivity index (χ2n) is 6.87. The Morgan fingerprint density at radius 2 is 1.84 bits per heavy atom. The first-order chi connectivity index (χ1) is 14.5. The Kier molecular flexibility index (Phi) is 6.59. The monoisotopic (exact) mass is 451 g/mol. The maximum atomic E-state index is 12.8. The van der Waals surface area contributed by atoms with E-state index in [9.17, 15) is 18.0 Å². The van der Waals surface area contributed by atoms with E-state index in [1.807, 2.05) is 26.0 Å². The molecule has 1 unspecified atom stereocenters. The van der Waals surface area contributed by atoms with Crippen molar-refractivity contribution in [3.63, 3.8) is 0 Å². The van der Waals surface area contributed by atoms with Crippen molar-refractivity contribution in [2.45, 2.75) is 37.1 Å². The van der Waals surface area contributed by atoms with Gasteiger partial charge in [0.05, 0.1) is 27.9 Å². The van der Waals surface area contributed by atoms with E-state index in [1.165, 1.54) is 28.7 Å². The highest BCUT2D eigenvalue weighted by Gasteiger charge is 2.30. The molecule has 0 fully saturated rings. The topological polar surface area (TPSA) is 77.2 Å². The van der Waals surface area contributed by atoms with E-state index in [4.69, 9.17) is 9.84 Å². The molecular weight excluding hydrogens is 431 g/mol. The molecule has 6 nitrogen and oxygen atoms in total. The lowest BCUT2D eigenvalue weighted by Gasteiger charge is -2.12. The molecule has 0 aliphatic carbocycles. The lowest BCUT2D eigenvalue weighted by Crippen LogP contribution is -2.10. The smallest absolute Gasteiger partial charge is 0.416 e. The third-order valence-corrected chi connectivity index (χ3v) is 5.54. The number of carbonyl (C=O) groups is 1. The lowest BCUT2D eigenvalue weighted by atomic mass is 10.2. The second-order valence-corrected chi connectivity index (χ2v) is 8.29. The summed E-state index contributed by atoms with van der Waals surface area (Å²) in [5.41, 5.74) is 1.92. The van der Waals surface area contributed by atoms with Gasteiger partial charge in [-0.2, -0.15) is 28.2 Å². The van der Waals surface area contributed by atoms with Crippen LogP contribution in [-0.2, 0) is 11.0 Å². The first kappa shape index (κ1) is 22.7. The summed E-state index contributed by atoms with van der Waals surface area (Å²) >= 11 is 1.54. The standard InChI is InChI=1S/C21H20F3N3O3S/c1-12-10-17(8-9-18(12)30-11-19(28)29)31-14(3)20-13(2)25-27(26-20)16-6-4-15(5-7-16)21(22,23)24/h4-10,14H,11H2,1-3H3,(H,28,29). The van der Waals surface area contributed by atoms with Crippen LogP contribution in [0.4, 0.5) is 13.2 Å². The first-order valence-corrected chi connectivity index (χ1v) is 10.2. The van der Waals surface area contributed by atoms with E-state index >= 15 is 0 Å². The number of rotatable bonds is 7. The molecule has 0 saturated carbocycles. The number of carboxylic acid groups (broad SMARTS) is 1. The summed E-state index contributed by atoms with van der Waals surface area (Å²) in [6.07, 6.45) is -4.39. The quantitative estimate of drug-likeness (QED) is 0.497. The molecule has 0 saturated heterocycles. The fourth-order valence-electron chi connectivity index (χ4n) is 2.92. The van der Waals surface area contributed by atoms with E-state index in [1.54, 1.807) is 13.0 Å². The zero-order valence-corrected chi connectivity index (χ0v) is 17.8. The largest absolute Gasteiger partial charge is 0.482 e. The summed E-state index contributed by atoms with van der Waals surface area (Å²) in [7, 11) is 0. The number of hydrogen-bond donors (Lipinski definition) is 1. The average molecular weight is 451 g/mol. The molecule has 31 heavy (non-hydrogen) atoms. The Bertz CT molecular complexity index is 1080. The van der Waals surface area contributed by atoms with Gasteiger partial charge in [-0.1, -0.05) is 0 Å². The third kappa shape index (κ3) is 5.57. The molecule has 1 N–H and O–H groups in total. The molecule has 1 heterocycles. The summed E-state index contributed by atoms with van der Waals surface area (Å²) in [6.45, 7) is 5.19.